The van der Waals surface area contributed by atoms with Gasteiger partial charge >= 0.3 is 0 Å². The lowest BCUT2D eigenvalue weighted by Crippen LogP contribution is -2.45. The summed E-state index contributed by atoms with van der Waals surface area (Å²) in [6, 6.07) is 9.35. The fourth-order valence-corrected chi connectivity index (χ4v) is 3.76. The third-order valence-electron chi connectivity index (χ3n) is 5.81. The number of carbonyl (C=O) groups excluding carboxylic acids is 2. The zero-order chi connectivity index (χ0) is 25.5. The van der Waals surface area contributed by atoms with E-state index in [4.69, 9.17) is 0 Å². The minimum absolute atomic E-state index is 0.153. The quantitative estimate of drug-likeness (QED) is 0.182. The number of hydrogen-bond donors (Lipinski definition) is 2. The van der Waals surface area contributed by atoms with Crippen LogP contribution in [0.15, 0.2) is 94.0 Å². The number of aliphatic hydroxyl groups is 2. The van der Waals surface area contributed by atoms with E-state index in [0.717, 1.165) is 22.3 Å². The normalized spacial score (nSPS) is 17.0. The molecule has 1 aromatic carbocycles. The van der Waals surface area contributed by atoms with E-state index in [1.54, 1.807) is 6.08 Å². The lowest BCUT2D eigenvalue weighted by atomic mass is 9.64. The molecule has 4 heteroatoms. The highest BCUT2D eigenvalue weighted by Gasteiger charge is 2.52. The first-order valence-corrected chi connectivity index (χ1v) is 11.6. The molecule has 0 saturated carbocycles. The molecule has 0 fully saturated rings. The zero-order valence-electron chi connectivity index (χ0n) is 21.1. The Bertz CT molecular complexity index is 1090. The van der Waals surface area contributed by atoms with E-state index < -0.39 is 17.0 Å². The summed E-state index contributed by atoms with van der Waals surface area (Å²) in [5, 5.41) is 22.0. The summed E-state index contributed by atoms with van der Waals surface area (Å²) in [5.41, 5.74) is 2.33. The van der Waals surface area contributed by atoms with Crippen molar-refractivity contribution >= 4 is 17.6 Å². The number of carbonyl (C=O) groups is 2. The number of Topliss-reactive ketones (excluding diaryl/α,β-unsaturated/α-hetero) is 2. The standard InChI is InChI=1S/C30H36O4/c1-20(2)12-14-24-27(32)26(25(31)15-13-23-10-8-7-9-11-23)29(34)30(28(24)33,18-16-21(3)4)19-17-22(5)6/h7-13,15-17,31-32H,14,18-19H2,1-6H3. The average molecular weight is 461 g/mol. The van der Waals surface area contributed by atoms with Crippen molar-refractivity contribution in [1.29, 1.82) is 0 Å². The van der Waals surface area contributed by atoms with Crippen LogP contribution in [0.1, 0.15) is 66.4 Å². The molecule has 0 bridgehead atoms. The zero-order valence-corrected chi connectivity index (χ0v) is 21.1. The second kappa shape index (κ2) is 11.6. The van der Waals surface area contributed by atoms with Crippen LogP contribution in [0.5, 0.6) is 0 Å². The molecule has 34 heavy (non-hydrogen) atoms. The van der Waals surface area contributed by atoms with Crippen molar-refractivity contribution in [2.24, 2.45) is 5.41 Å². The van der Waals surface area contributed by atoms with Gasteiger partial charge in [-0.05, 0) is 72.4 Å². The van der Waals surface area contributed by atoms with Crippen molar-refractivity contribution < 1.29 is 19.8 Å². The Kier molecular flexibility index (Phi) is 9.19. The van der Waals surface area contributed by atoms with Gasteiger partial charge in [0, 0.05) is 5.57 Å². The Morgan fingerprint density at radius 2 is 1.35 bits per heavy atom. The molecule has 2 N–H and O–H groups in total. The molecule has 0 radical (unpaired) electrons. The van der Waals surface area contributed by atoms with Crippen molar-refractivity contribution in [3.63, 3.8) is 0 Å². The number of rotatable bonds is 8. The molecule has 1 aliphatic rings. The SMILES string of the molecule is CC(C)=CCC1=C(O)C(=C(O)C=Cc2ccccc2)C(=O)C(CC=C(C)C)(CC=C(C)C)C1=O. The first-order chi connectivity index (χ1) is 16.0. The van der Waals surface area contributed by atoms with E-state index in [-0.39, 0.29) is 42.0 Å². The fourth-order valence-electron chi connectivity index (χ4n) is 3.76. The van der Waals surface area contributed by atoms with Gasteiger partial charge < -0.3 is 10.2 Å². The largest absolute Gasteiger partial charge is 0.507 e. The van der Waals surface area contributed by atoms with Crippen LogP contribution in [0.2, 0.25) is 0 Å². The smallest absolute Gasteiger partial charge is 0.184 e. The van der Waals surface area contributed by atoms with Gasteiger partial charge in [-0.15, -0.1) is 0 Å². The van der Waals surface area contributed by atoms with E-state index in [0.29, 0.717) is 0 Å². The summed E-state index contributed by atoms with van der Waals surface area (Å²) in [6.07, 6.45) is 9.25. The number of aliphatic hydroxyl groups excluding tert-OH is 2. The van der Waals surface area contributed by atoms with Crippen molar-refractivity contribution in [2.75, 3.05) is 0 Å². The van der Waals surface area contributed by atoms with Crippen molar-refractivity contribution in [3.8, 4) is 0 Å². The van der Waals surface area contributed by atoms with Crippen LogP contribution < -0.4 is 0 Å². The lowest BCUT2D eigenvalue weighted by Gasteiger charge is -2.35. The van der Waals surface area contributed by atoms with Crippen molar-refractivity contribution in [2.45, 2.75) is 60.8 Å². The lowest BCUT2D eigenvalue weighted by molar-refractivity contribution is -0.137. The van der Waals surface area contributed by atoms with Gasteiger partial charge in [-0.25, -0.2) is 0 Å². The summed E-state index contributed by atoms with van der Waals surface area (Å²) in [7, 11) is 0. The number of allylic oxidation sites excluding steroid dienone is 9. The van der Waals surface area contributed by atoms with E-state index in [1.165, 1.54) is 6.08 Å². The molecule has 0 saturated heterocycles. The van der Waals surface area contributed by atoms with Crippen LogP contribution in [0.25, 0.3) is 6.08 Å². The molecule has 0 heterocycles. The van der Waals surface area contributed by atoms with Gasteiger partial charge in [0.15, 0.2) is 11.6 Å². The van der Waals surface area contributed by atoms with Crippen LogP contribution in [0, 0.1) is 5.41 Å². The summed E-state index contributed by atoms with van der Waals surface area (Å²) in [6.45, 7) is 11.5. The molecule has 0 aromatic heterocycles. The number of benzene rings is 1. The molecular formula is C30H36O4. The second-order valence-electron chi connectivity index (χ2n) is 9.53. The first-order valence-electron chi connectivity index (χ1n) is 11.6. The molecule has 1 aliphatic carbocycles. The molecule has 180 valence electrons. The minimum atomic E-state index is -1.42. The summed E-state index contributed by atoms with van der Waals surface area (Å²) < 4.78 is 0. The summed E-state index contributed by atoms with van der Waals surface area (Å²) in [4.78, 5) is 27.7. The number of hydrogen-bond acceptors (Lipinski definition) is 4. The van der Waals surface area contributed by atoms with Crippen LogP contribution in [0.4, 0.5) is 0 Å². The third kappa shape index (κ3) is 6.34. The Morgan fingerprint density at radius 1 is 0.824 bits per heavy atom. The highest BCUT2D eigenvalue weighted by Crippen LogP contribution is 2.44. The maximum atomic E-state index is 13.9. The maximum Gasteiger partial charge on any atom is 0.184 e. The fraction of sp³-hybridized carbons (Fsp3) is 0.333. The first kappa shape index (κ1) is 26.8. The molecular weight excluding hydrogens is 424 g/mol. The van der Waals surface area contributed by atoms with Crippen LogP contribution >= 0.6 is 0 Å². The topological polar surface area (TPSA) is 74.6 Å². The molecule has 0 aliphatic heterocycles. The van der Waals surface area contributed by atoms with Gasteiger partial charge in [-0.3, -0.25) is 9.59 Å². The predicted octanol–water partition coefficient (Wildman–Crippen LogP) is 7.53. The second-order valence-corrected chi connectivity index (χ2v) is 9.53. The number of ketones is 2. The molecule has 0 amide bonds. The summed E-state index contributed by atoms with van der Waals surface area (Å²) >= 11 is 0. The van der Waals surface area contributed by atoms with Gasteiger partial charge in [-0.2, -0.15) is 0 Å². The molecule has 4 nitrogen and oxygen atoms in total. The minimum Gasteiger partial charge on any atom is -0.507 e. The van der Waals surface area contributed by atoms with Crippen molar-refractivity contribution in [3.05, 3.63) is 99.6 Å². The highest BCUT2D eigenvalue weighted by molar-refractivity contribution is 6.25. The predicted molar refractivity (Wildman–Crippen MR) is 139 cm³/mol. The molecule has 0 spiro atoms. The van der Waals surface area contributed by atoms with Crippen LogP contribution in [0.3, 0.4) is 0 Å². The Hall–Kier alpha value is -3.40. The highest BCUT2D eigenvalue weighted by atomic mass is 16.3. The van der Waals surface area contributed by atoms with E-state index in [9.17, 15) is 19.8 Å². The monoisotopic (exact) mass is 460 g/mol. The molecule has 1 aromatic rings. The Balaban J connectivity index is 2.78. The van der Waals surface area contributed by atoms with E-state index in [1.807, 2.05) is 90.1 Å². The maximum absolute atomic E-state index is 13.9. The summed E-state index contributed by atoms with van der Waals surface area (Å²) in [5.74, 6) is -1.73. The average Bonchev–Trinajstić information content (AvgIpc) is 2.77. The van der Waals surface area contributed by atoms with Crippen LogP contribution in [-0.4, -0.2) is 21.8 Å². The van der Waals surface area contributed by atoms with Gasteiger partial charge in [-0.1, -0.05) is 71.4 Å². The Morgan fingerprint density at radius 3 is 1.85 bits per heavy atom. The van der Waals surface area contributed by atoms with Gasteiger partial charge in [0.1, 0.15) is 22.5 Å². The van der Waals surface area contributed by atoms with E-state index in [2.05, 4.69) is 0 Å². The van der Waals surface area contributed by atoms with E-state index >= 15 is 0 Å². The van der Waals surface area contributed by atoms with Gasteiger partial charge in [0.2, 0.25) is 0 Å². The molecule has 2 rings (SSSR count). The van der Waals surface area contributed by atoms with Gasteiger partial charge in [0.05, 0.1) is 0 Å². The molecule has 0 atom stereocenters. The Labute approximate surface area is 203 Å². The molecule has 0 unspecified atom stereocenters. The van der Waals surface area contributed by atoms with Gasteiger partial charge in [0.25, 0.3) is 0 Å². The van der Waals surface area contributed by atoms with Crippen LogP contribution in [-0.2, 0) is 9.59 Å². The third-order valence-corrected chi connectivity index (χ3v) is 5.81. The van der Waals surface area contributed by atoms with Crippen molar-refractivity contribution in [1.82, 2.24) is 0 Å².